The lowest BCUT2D eigenvalue weighted by atomic mass is 9.33. The molecule has 482 valence electrons. The van der Waals surface area contributed by atoms with Crippen molar-refractivity contribution in [2.24, 2.45) is 0 Å². The zero-order chi connectivity index (χ0) is 68.2. The Labute approximate surface area is 598 Å². The molecule has 0 N–H and O–H groups in total. The summed E-state index contributed by atoms with van der Waals surface area (Å²) < 4.78 is 5.13. The second kappa shape index (κ2) is 22.8. The third kappa shape index (κ3) is 9.05. The fourth-order valence-corrected chi connectivity index (χ4v) is 17.6. The molecule has 2 aliphatic heterocycles. The lowest BCUT2D eigenvalue weighted by molar-refractivity contribution is 0.590. The van der Waals surface area contributed by atoms with E-state index in [0.29, 0.717) is 0 Å². The molecular formula is C98H67BN4. The van der Waals surface area contributed by atoms with E-state index in [-0.39, 0.29) is 12.1 Å². The first-order valence-electron chi connectivity index (χ1n) is 36.0. The first kappa shape index (κ1) is 59.0. The second-order valence-electron chi connectivity index (χ2n) is 29.1. The molecule has 2 aliphatic rings. The first-order valence-corrected chi connectivity index (χ1v) is 36.0. The zero-order valence-corrected chi connectivity index (χ0v) is 57.4. The summed E-state index contributed by atoms with van der Waals surface area (Å²) in [7, 11) is 0. The van der Waals surface area contributed by atoms with Crippen molar-refractivity contribution < 1.29 is 0 Å². The van der Waals surface area contributed by atoms with Crippen LogP contribution in [0.2, 0.25) is 0 Å². The van der Waals surface area contributed by atoms with Crippen LogP contribution in [0.1, 0.15) is 26.3 Å². The minimum atomic E-state index is -0.273. The van der Waals surface area contributed by atoms with Gasteiger partial charge in [-0.2, -0.15) is 0 Å². The van der Waals surface area contributed by atoms with E-state index < -0.39 is 0 Å². The van der Waals surface area contributed by atoms with Crippen molar-refractivity contribution in [1.29, 1.82) is 0 Å². The van der Waals surface area contributed by atoms with Gasteiger partial charge in [-0.05, 0) is 166 Å². The Balaban J connectivity index is 0.861. The normalized spacial score (nSPS) is 12.7. The average Bonchev–Trinajstić information content (AvgIpc) is 1.58. The third-order valence-electron chi connectivity index (χ3n) is 22.4. The quantitative estimate of drug-likeness (QED) is 0.141. The smallest absolute Gasteiger partial charge is 0.252 e. The Morgan fingerprint density at radius 1 is 0.243 bits per heavy atom. The molecule has 2 aromatic heterocycles. The molecule has 21 rings (SSSR count). The van der Waals surface area contributed by atoms with Gasteiger partial charge in [-0.15, -0.1) is 0 Å². The van der Waals surface area contributed by atoms with Gasteiger partial charge in [0.25, 0.3) is 6.71 Å². The van der Waals surface area contributed by atoms with Crippen molar-refractivity contribution in [3.63, 3.8) is 0 Å². The van der Waals surface area contributed by atoms with E-state index in [9.17, 15) is 0 Å². The van der Waals surface area contributed by atoms with E-state index >= 15 is 0 Å². The standard InChI is InChI=1S/C98H67BN4/c1-98(2,3)70-58-93-95-94(59-70)103(88-43-21-19-37-78(88)65-26-8-5-9-27-65)92-61-72(101-90-55-47-69(76-41-23-33-63-29-11-15-35-74(63)76)57-84(90)82-51-45-67-31-13-17-39-80(67)97(82)101)49-53-86(92)99(95)85-52-48-71(60-91(85)102(93)87-42-20-18-36-77(87)64-24-6-4-7-25-64)100-89-54-46-68(75-40-22-32-62-28-10-14-34-73(62)75)56-83(89)81-50-44-66-30-12-16-38-79(66)96(81)100/h4-61H,1-3H3. The minimum absolute atomic E-state index is 0.197. The van der Waals surface area contributed by atoms with Crippen LogP contribution < -0.4 is 26.2 Å². The molecule has 0 radical (unpaired) electrons. The van der Waals surface area contributed by atoms with Crippen LogP contribution in [-0.2, 0) is 5.41 Å². The molecule has 103 heavy (non-hydrogen) atoms. The number of aromatic nitrogens is 2. The predicted octanol–water partition coefficient (Wildman–Crippen LogP) is 24.5. The topological polar surface area (TPSA) is 16.3 Å². The molecule has 0 saturated heterocycles. The molecule has 4 heterocycles. The Morgan fingerprint density at radius 2 is 0.621 bits per heavy atom. The Morgan fingerprint density at radius 3 is 1.07 bits per heavy atom. The molecule has 0 unspecified atom stereocenters. The molecule has 0 bridgehead atoms. The van der Waals surface area contributed by atoms with E-state index in [1.807, 2.05) is 0 Å². The molecule has 17 aromatic carbocycles. The number of benzene rings is 17. The monoisotopic (exact) mass is 1310 g/mol. The number of hydrogen-bond acceptors (Lipinski definition) is 2. The Kier molecular flexibility index (Phi) is 13.0. The maximum absolute atomic E-state index is 2.65. The van der Waals surface area contributed by atoms with Gasteiger partial charge in [-0.1, -0.05) is 300 Å². The number of anilines is 6. The van der Waals surface area contributed by atoms with Crippen molar-refractivity contribution in [3.05, 3.63) is 357 Å². The predicted molar refractivity (Wildman–Crippen MR) is 440 cm³/mol. The molecule has 0 aliphatic carbocycles. The van der Waals surface area contributed by atoms with Crippen molar-refractivity contribution in [3.8, 4) is 55.9 Å². The fourth-order valence-electron chi connectivity index (χ4n) is 17.6. The highest BCUT2D eigenvalue weighted by Gasteiger charge is 2.45. The highest BCUT2D eigenvalue weighted by atomic mass is 15.2. The van der Waals surface area contributed by atoms with Gasteiger partial charge in [-0.25, -0.2) is 0 Å². The zero-order valence-electron chi connectivity index (χ0n) is 57.4. The summed E-state index contributed by atoms with van der Waals surface area (Å²) >= 11 is 0. The molecule has 0 fully saturated rings. The maximum atomic E-state index is 2.65. The summed E-state index contributed by atoms with van der Waals surface area (Å²) in [5, 5.41) is 14.7. The van der Waals surface area contributed by atoms with Crippen LogP contribution in [0.3, 0.4) is 0 Å². The van der Waals surface area contributed by atoms with E-state index in [1.54, 1.807) is 0 Å². The number of nitrogens with zero attached hydrogens (tertiary/aromatic N) is 4. The molecule has 19 aromatic rings. The Bertz CT molecular complexity index is 6340. The van der Waals surface area contributed by atoms with Crippen LogP contribution in [0.4, 0.5) is 34.1 Å². The largest absolute Gasteiger partial charge is 0.311 e. The molecule has 5 heteroatoms. The SMILES string of the molecule is CC(C)(C)c1cc2c3c(c1)N(c1ccccc1-c1ccccc1)c1cc(-n4c5ccc(-c6cccc7ccccc67)cc5c5ccc6ccccc6c54)ccc1B3c1ccc(-n3c4ccc(-c5cccc6ccccc56)cc4c4ccc5ccccc5c43)cc1N2c1ccccc1-c1ccccc1. The summed E-state index contributed by atoms with van der Waals surface area (Å²) in [6, 6.07) is 133. The highest BCUT2D eigenvalue weighted by molar-refractivity contribution is 7.00. The fraction of sp³-hybridized carbons (Fsp3) is 0.0408. The van der Waals surface area contributed by atoms with E-state index in [1.165, 1.54) is 131 Å². The number of rotatable bonds is 8. The first-order chi connectivity index (χ1) is 50.8. The van der Waals surface area contributed by atoms with Gasteiger partial charge in [0.05, 0.1) is 33.4 Å². The Hall–Kier alpha value is -13.0. The van der Waals surface area contributed by atoms with Crippen LogP contribution in [0.5, 0.6) is 0 Å². The van der Waals surface area contributed by atoms with Crippen molar-refractivity contribution in [2.75, 3.05) is 9.80 Å². The van der Waals surface area contributed by atoms with Crippen LogP contribution in [-0.4, -0.2) is 15.8 Å². The van der Waals surface area contributed by atoms with Gasteiger partial charge in [0.2, 0.25) is 0 Å². The van der Waals surface area contributed by atoms with Crippen LogP contribution >= 0.6 is 0 Å². The molecule has 0 spiro atoms. The van der Waals surface area contributed by atoms with Gasteiger partial charge in [0, 0.05) is 77.6 Å². The van der Waals surface area contributed by atoms with E-state index in [0.717, 1.165) is 67.4 Å². The van der Waals surface area contributed by atoms with Gasteiger partial charge in [0.1, 0.15) is 0 Å². The average molecular weight is 1310 g/mol. The van der Waals surface area contributed by atoms with Gasteiger partial charge < -0.3 is 18.9 Å². The summed E-state index contributed by atoms with van der Waals surface area (Å²) in [6.45, 7) is 6.94. The van der Waals surface area contributed by atoms with Crippen LogP contribution in [0, 0.1) is 0 Å². The summed E-state index contributed by atoms with van der Waals surface area (Å²) in [5.41, 5.74) is 28.0. The lowest BCUT2D eigenvalue weighted by Gasteiger charge is -2.46. The molecule has 4 nitrogen and oxygen atoms in total. The highest BCUT2D eigenvalue weighted by Crippen LogP contribution is 2.52. The number of fused-ring (bicyclic) bond motifs is 16. The summed E-state index contributed by atoms with van der Waals surface area (Å²) in [4.78, 5) is 5.29. The van der Waals surface area contributed by atoms with Crippen LogP contribution in [0.15, 0.2) is 352 Å². The third-order valence-corrected chi connectivity index (χ3v) is 22.4. The minimum Gasteiger partial charge on any atom is -0.311 e. The van der Waals surface area contributed by atoms with E-state index in [4.69, 9.17) is 0 Å². The second-order valence-corrected chi connectivity index (χ2v) is 29.1. The van der Waals surface area contributed by atoms with Gasteiger partial charge >= 0.3 is 0 Å². The lowest BCUT2D eigenvalue weighted by Crippen LogP contribution is -2.61. The number of para-hydroxylation sites is 2. The molecule has 0 amide bonds. The van der Waals surface area contributed by atoms with Gasteiger partial charge in [0.15, 0.2) is 0 Å². The van der Waals surface area contributed by atoms with E-state index in [2.05, 4.69) is 392 Å². The maximum Gasteiger partial charge on any atom is 0.252 e. The summed E-state index contributed by atoms with van der Waals surface area (Å²) in [5.74, 6) is 0. The molecule has 0 atom stereocenters. The van der Waals surface area contributed by atoms with Gasteiger partial charge in [-0.3, -0.25) is 0 Å². The van der Waals surface area contributed by atoms with Crippen molar-refractivity contribution in [1.82, 2.24) is 9.13 Å². The number of hydrogen-bond donors (Lipinski definition) is 0. The molecule has 0 saturated carbocycles. The summed E-state index contributed by atoms with van der Waals surface area (Å²) in [6.07, 6.45) is 0. The van der Waals surface area contributed by atoms with Crippen molar-refractivity contribution in [2.45, 2.75) is 26.2 Å². The molecular weight excluding hydrogens is 1240 g/mol. The van der Waals surface area contributed by atoms with Crippen molar-refractivity contribution >= 4 is 144 Å². The van der Waals surface area contributed by atoms with Crippen LogP contribution in [0.25, 0.3) is 143 Å².